The van der Waals surface area contributed by atoms with Gasteiger partial charge in [-0.3, -0.25) is 0 Å². The highest BCUT2D eigenvalue weighted by atomic mass is 35.5. The van der Waals surface area contributed by atoms with Crippen molar-refractivity contribution in [3.8, 4) is 5.75 Å². The number of fused-ring (bicyclic) bond motifs is 1. The summed E-state index contributed by atoms with van der Waals surface area (Å²) in [6.07, 6.45) is -0.469. The Balaban J connectivity index is 1.69. The molecule has 148 valence electrons. The van der Waals surface area contributed by atoms with Crippen LogP contribution in [0.3, 0.4) is 0 Å². The van der Waals surface area contributed by atoms with Crippen molar-refractivity contribution < 1.29 is 14.3 Å². The van der Waals surface area contributed by atoms with E-state index in [0.29, 0.717) is 18.2 Å². The number of hydrogen-bond donors (Lipinski definition) is 1. The van der Waals surface area contributed by atoms with Gasteiger partial charge in [-0.05, 0) is 57.2 Å². The molecule has 1 heterocycles. The second-order valence-corrected chi connectivity index (χ2v) is 7.76. The normalized spacial score (nSPS) is 11.4. The van der Waals surface area contributed by atoms with E-state index in [-0.39, 0.29) is 6.54 Å². The summed E-state index contributed by atoms with van der Waals surface area (Å²) in [5.74, 6) is 1.49. The van der Waals surface area contributed by atoms with E-state index in [1.807, 2.05) is 61.7 Å². The summed E-state index contributed by atoms with van der Waals surface area (Å²) in [6.45, 7) is 6.81. The minimum atomic E-state index is -0.545. The van der Waals surface area contributed by atoms with Gasteiger partial charge in [0.2, 0.25) is 0 Å². The van der Waals surface area contributed by atoms with Gasteiger partial charge in [0.1, 0.15) is 23.8 Å². The molecule has 1 amide bonds. The van der Waals surface area contributed by atoms with E-state index in [4.69, 9.17) is 21.1 Å². The second kappa shape index (κ2) is 8.52. The Morgan fingerprint density at radius 3 is 2.57 bits per heavy atom. The smallest absolute Gasteiger partial charge is 0.408 e. The maximum absolute atomic E-state index is 12.0. The molecule has 1 N–H and O–H groups in total. The van der Waals surface area contributed by atoms with Gasteiger partial charge >= 0.3 is 6.09 Å². The zero-order chi connectivity index (χ0) is 20.1. The molecule has 0 bridgehead atoms. The number of carbonyl (C=O) groups excluding carboxylic acids is 1. The van der Waals surface area contributed by atoms with Crippen molar-refractivity contribution in [2.75, 3.05) is 6.61 Å². The molecule has 6 nitrogen and oxygen atoms in total. The number of nitrogens with one attached hydrogen (secondary N) is 1. The third kappa shape index (κ3) is 5.39. The first-order chi connectivity index (χ1) is 13.3. The van der Waals surface area contributed by atoms with E-state index in [1.165, 1.54) is 0 Å². The number of para-hydroxylation sites is 2. The van der Waals surface area contributed by atoms with Gasteiger partial charge in [0.25, 0.3) is 0 Å². The van der Waals surface area contributed by atoms with Gasteiger partial charge in [-0.25, -0.2) is 9.78 Å². The Kier molecular flexibility index (Phi) is 6.09. The fourth-order valence-corrected chi connectivity index (χ4v) is 2.89. The summed E-state index contributed by atoms with van der Waals surface area (Å²) in [4.78, 5) is 16.6. The third-order valence-electron chi connectivity index (χ3n) is 3.92. The lowest BCUT2D eigenvalue weighted by Gasteiger charge is -2.19. The highest BCUT2D eigenvalue weighted by molar-refractivity contribution is 6.30. The maximum atomic E-state index is 12.0. The molecular formula is C21H24ClN3O3. The minimum absolute atomic E-state index is 0.268. The Hall–Kier alpha value is -2.73. The van der Waals surface area contributed by atoms with Gasteiger partial charge < -0.3 is 19.4 Å². The molecule has 0 atom stereocenters. The van der Waals surface area contributed by atoms with E-state index >= 15 is 0 Å². The van der Waals surface area contributed by atoms with E-state index in [9.17, 15) is 4.79 Å². The van der Waals surface area contributed by atoms with Gasteiger partial charge in [0.15, 0.2) is 0 Å². The molecule has 0 saturated heterocycles. The summed E-state index contributed by atoms with van der Waals surface area (Å²) in [5.41, 5.74) is 1.31. The average Bonchev–Trinajstić information content (AvgIpc) is 2.98. The number of carbonyl (C=O) groups is 1. The molecule has 0 spiro atoms. The standard InChI is InChI=1S/C21H24ClN3O3/c1-21(2,3)28-20(26)23-14-19-24-17-6-4-5-7-18(17)25(19)12-13-27-16-10-8-15(22)9-11-16/h4-11H,12-14H2,1-3H3,(H,23,26). The van der Waals surface area contributed by atoms with Crippen LogP contribution in [-0.2, 0) is 17.8 Å². The van der Waals surface area contributed by atoms with Crippen LogP contribution in [0.2, 0.25) is 5.02 Å². The van der Waals surface area contributed by atoms with Crippen molar-refractivity contribution in [3.05, 3.63) is 59.4 Å². The van der Waals surface area contributed by atoms with E-state index in [1.54, 1.807) is 12.1 Å². The molecule has 0 aliphatic heterocycles. The monoisotopic (exact) mass is 401 g/mol. The van der Waals surface area contributed by atoms with Crippen molar-refractivity contribution in [3.63, 3.8) is 0 Å². The number of rotatable bonds is 6. The molecule has 28 heavy (non-hydrogen) atoms. The molecule has 1 aromatic heterocycles. The first-order valence-electron chi connectivity index (χ1n) is 9.11. The molecule has 0 radical (unpaired) electrons. The van der Waals surface area contributed by atoms with Crippen LogP contribution in [0.4, 0.5) is 4.79 Å². The van der Waals surface area contributed by atoms with Crippen LogP contribution in [0.1, 0.15) is 26.6 Å². The number of amides is 1. The molecule has 0 unspecified atom stereocenters. The number of benzene rings is 2. The number of aromatic nitrogens is 2. The topological polar surface area (TPSA) is 65.4 Å². The summed E-state index contributed by atoms with van der Waals surface area (Å²) in [5, 5.41) is 3.44. The molecule has 3 rings (SSSR count). The van der Waals surface area contributed by atoms with Crippen molar-refractivity contribution in [1.29, 1.82) is 0 Å². The number of nitrogens with zero attached hydrogens (tertiary/aromatic N) is 2. The number of ether oxygens (including phenoxy) is 2. The highest BCUT2D eigenvalue weighted by Gasteiger charge is 2.17. The van der Waals surface area contributed by atoms with Crippen LogP contribution in [0.5, 0.6) is 5.75 Å². The Bertz CT molecular complexity index is 946. The third-order valence-corrected chi connectivity index (χ3v) is 4.17. The van der Waals surface area contributed by atoms with Gasteiger partial charge in [-0.1, -0.05) is 23.7 Å². The Morgan fingerprint density at radius 2 is 1.86 bits per heavy atom. The predicted molar refractivity (Wildman–Crippen MR) is 110 cm³/mol. The first-order valence-corrected chi connectivity index (χ1v) is 9.49. The fraction of sp³-hybridized carbons (Fsp3) is 0.333. The summed E-state index contributed by atoms with van der Waals surface area (Å²) in [7, 11) is 0. The molecule has 2 aromatic carbocycles. The largest absolute Gasteiger partial charge is 0.492 e. The van der Waals surface area contributed by atoms with E-state index in [0.717, 1.165) is 22.6 Å². The summed E-state index contributed by atoms with van der Waals surface area (Å²) in [6, 6.07) is 15.1. The maximum Gasteiger partial charge on any atom is 0.408 e. The highest BCUT2D eigenvalue weighted by Crippen LogP contribution is 2.18. The number of hydrogen-bond acceptors (Lipinski definition) is 4. The first kappa shape index (κ1) is 20.0. The minimum Gasteiger partial charge on any atom is -0.492 e. The number of alkyl carbamates (subject to hydrolysis) is 1. The SMILES string of the molecule is CC(C)(C)OC(=O)NCc1nc2ccccc2n1CCOc1ccc(Cl)cc1. The van der Waals surface area contributed by atoms with E-state index in [2.05, 4.69) is 10.3 Å². The average molecular weight is 402 g/mol. The van der Waals surface area contributed by atoms with Crippen LogP contribution in [-0.4, -0.2) is 27.9 Å². The Labute approximate surface area is 169 Å². The lowest BCUT2D eigenvalue weighted by atomic mass is 10.2. The molecule has 7 heteroatoms. The van der Waals surface area contributed by atoms with Crippen molar-refractivity contribution in [1.82, 2.24) is 14.9 Å². The van der Waals surface area contributed by atoms with Gasteiger partial charge in [-0.2, -0.15) is 0 Å². The molecule has 0 fully saturated rings. The van der Waals surface area contributed by atoms with Crippen LogP contribution < -0.4 is 10.1 Å². The predicted octanol–water partition coefficient (Wildman–Crippen LogP) is 4.79. The van der Waals surface area contributed by atoms with Gasteiger partial charge in [0, 0.05) is 5.02 Å². The summed E-state index contributed by atoms with van der Waals surface area (Å²) >= 11 is 5.90. The van der Waals surface area contributed by atoms with E-state index < -0.39 is 11.7 Å². The fourth-order valence-electron chi connectivity index (χ4n) is 2.76. The quantitative estimate of drug-likeness (QED) is 0.644. The van der Waals surface area contributed by atoms with Gasteiger partial charge in [-0.15, -0.1) is 0 Å². The van der Waals surface area contributed by atoms with Crippen LogP contribution in [0.25, 0.3) is 11.0 Å². The second-order valence-electron chi connectivity index (χ2n) is 7.33. The lowest BCUT2D eigenvalue weighted by molar-refractivity contribution is 0.0521. The molecule has 3 aromatic rings. The van der Waals surface area contributed by atoms with Crippen molar-refractivity contribution >= 4 is 28.7 Å². The molecular weight excluding hydrogens is 378 g/mol. The number of imidazole rings is 1. The zero-order valence-corrected chi connectivity index (χ0v) is 17.0. The van der Waals surface area contributed by atoms with Crippen LogP contribution in [0.15, 0.2) is 48.5 Å². The van der Waals surface area contributed by atoms with Gasteiger partial charge in [0.05, 0.1) is 24.1 Å². The van der Waals surface area contributed by atoms with Crippen LogP contribution >= 0.6 is 11.6 Å². The van der Waals surface area contributed by atoms with Crippen molar-refractivity contribution in [2.45, 2.75) is 39.5 Å². The van der Waals surface area contributed by atoms with Crippen LogP contribution in [0, 0.1) is 0 Å². The zero-order valence-electron chi connectivity index (χ0n) is 16.2. The molecule has 0 aliphatic rings. The lowest BCUT2D eigenvalue weighted by Crippen LogP contribution is -2.33. The van der Waals surface area contributed by atoms with Crippen molar-refractivity contribution in [2.24, 2.45) is 0 Å². The molecule has 0 aliphatic carbocycles. The summed E-state index contributed by atoms with van der Waals surface area (Å²) < 4.78 is 13.2. The number of halogens is 1. The Morgan fingerprint density at radius 1 is 1.14 bits per heavy atom. The molecule has 0 saturated carbocycles.